The molecule has 0 aromatic heterocycles. The number of amides is 1. The molecular formula is C24H39IN4O3. The average molecular weight is 559 g/mol. The molecule has 1 saturated carbocycles. The van der Waals surface area contributed by atoms with Gasteiger partial charge in [0.15, 0.2) is 17.5 Å². The van der Waals surface area contributed by atoms with Crippen LogP contribution in [0.2, 0.25) is 0 Å². The highest BCUT2D eigenvalue weighted by atomic mass is 127. The molecule has 3 rings (SSSR count). The summed E-state index contributed by atoms with van der Waals surface area (Å²) < 4.78 is 11.0. The summed E-state index contributed by atoms with van der Waals surface area (Å²) in [7, 11) is 5.23. The molecule has 0 radical (unpaired) electrons. The molecule has 1 atom stereocenters. The van der Waals surface area contributed by atoms with E-state index in [1.165, 1.54) is 24.8 Å². The Labute approximate surface area is 209 Å². The first-order valence-corrected chi connectivity index (χ1v) is 11.5. The Morgan fingerprint density at radius 2 is 1.91 bits per heavy atom. The molecule has 1 amide bonds. The van der Waals surface area contributed by atoms with Crippen molar-refractivity contribution in [2.24, 2.45) is 4.99 Å². The van der Waals surface area contributed by atoms with Crippen LogP contribution in [0.1, 0.15) is 57.4 Å². The minimum Gasteiger partial charge on any atom is -0.493 e. The van der Waals surface area contributed by atoms with Crippen LogP contribution in [0.4, 0.5) is 0 Å². The van der Waals surface area contributed by atoms with Crippen LogP contribution < -0.4 is 20.1 Å². The lowest BCUT2D eigenvalue weighted by Gasteiger charge is -2.37. The van der Waals surface area contributed by atoms with Gasteiger partial charge in [0.25, 0.3) is 0 Å². The number of carbonyl (C=O) groups is 1. The first kappa shape index (κ1) is 26.5. The molecule has 1 unspecified atom stereocenters. The predicted molar refractivity (Wildman–Crippen MR) is 139 cm³/mol. The second-order valence-corrected chi connectivity index (χ2v) is 8.76. The van der Waals surface area contributed by atoms with Crippen LogP contribution in [0, 0.1) is 0 Å². The Morgan fingerprint density at radius 3 is 2.53 bits per heavy atom. The van der Waals surface area contributed by atoms with Crippen molar-refractivity contribution in [2.75, 3.05) is 40.9 Å². The van der Waals surface area contributed by atoms with Crippen LogP contribution >= 0.6 is 24.0 Å². The summed E-state index contributed by atoms with van der Waals surface area (Å²) in [6.07, 6.45) is 7.36. The van der Waals surface area contributed by atoms with E-state index in [1.807, 2.05) is 13.1 Å². The highest BCUT2D eigenvalue weighted by molar-refractivity contribution is 14.0. The maximum atomic E-state index is 11.8. The van der Waals surface area contributed by atoms with Crippen LogP contribution in [0.15, 0.2) is 23.2 Å². The van der Waals surface area contributed by atoms with Gasteiger partial charge >= 0.3 is 0 Å². The Morgan fingerprint density at radius 1 is 1.19 bits per heavy atom. The van der Waals surface area contributed by atoms with E-state index in [1.54, 1.807) is 19.1 Å². The number of likely N-dealkylation sites (tertiary alicyclic amines) is 1. The number of piperidine rings is 1. The van der Waals surface area contributed by atoms with Crippen molar-refractivity contribution in [1.29, 1.82) is 0 Å². The number of ether oxygens (including phenoxy) is 2. The van der Waals surface area contributed by atoms with E-state index in [-0.39, 0.29) is 41.3 Å². The molecule has 32 heavy (non-hydrogen) atoms. The number of aliphatic imine (C=N–C) groups is 1. The van der Waals surface area contributed by atoms with Crippen LogP contribution in [0.25, 0.3) is 0 Å². The summed E-state index contributed by atoms with van der Waals surface area (Å²) in [5, 5.41) is 6.95. The van der Waals surface area contributed by atoms with Gasteiger partial charge in [-0.2, -0.15) is 0 Å². The molecular weight excluding hydrogens is 519 g/mol. The highest BCUT2D eigenvalue weighted by Crippen LogP contribution is 2.42. The number of methoxy groups -OCH3 is 2. The smallest absolute Gasteiger partial charge is 0.222 e. The molecule has 180 valence electrons. The first-order valence-electron chi connectivity index (χ1n) is 11.5. The zero-order valence-corrected chi connectivity index (χ0v) is 22.2. The van der Waals surface area contributed by atoms with Crippen molar-refractivity contribution in [3.8, 4) is 11.5 Å². The van der Waals surface area contributed by atoms with Crippen molar-refractivity contribution >= 4 is 35.8 Å². The van der Waals surface area contributed by atoms with Crippen LogP contribution in [0.5, 0.6) is 11.5 Å². The molecule has 1 aromatic rings. The van der Waals surface area contributed by atoms with Gasteiger partial charge in [0.1, 0.15) is 0 Å². The monoisotopic (exact) mass is 558 g/mol. The Hall–Kier alpha value is -1.71. The van der Waals surface area contributed by atoms with Crippen LogP contribution in [0.3, 0.4) is 0 Å². The zero-order chi connectivity index (χ0) is 22.3. The lowest BCUT2D eigenvalue weighted by molar-refractivity contribution is -0.132. The number of nitrogens with zero attached hydrogens (tertiary/aromatic N) is 2. The number of carbonyl (C=O) groups excluding carboxylic acids is 1. The number of rotatable bonds is 7. The second-order valence-electron chi connectivity index (χ2n) is 8.76. The molecule has 7 nitrogen and oxygen atoms in total. The minimum absolute atomic E-state index is 0. The Kier molecular flexibility index (Phi) is 10.4. The zero-order valence-electron chi connectivity index (χ0n) is 19.9. The molecule has 2 N–H and O–H groups in total. The summed E-state index contributed by atoms with van der Waals surface area (Å²) in [6, 6.07) is 6.53. The van der Waals surface area contributed by atoms with Crippen molar-refractivity contribution < 1.29 is 14.3 Å². The van der Waals surface area contributed by atoms with Gasteiger partial charge in [-0.25, -0.2) is 0 Å². The standard InChI is InChI=1S/C24H38N4O3.HI/c1-5-25-23(27-19-10-12-22(29)28(2)16-19)26-17-24(13-7-6-8-14-24)18-9-11-20(30-3)21(15-18)31-4;/h9,11,15,19H,5-8,10,12-14,16-17H2,1-4H3,(H2,25,26,27);1H. The topological polar surface area (TPSA) is 75.2 Å². The quantitative estimate of drug-likeness (QED) is 0.304. The number of hydrogen-bond acceptors (Lipinski definition) is 4. The van der Waals surface area contributed by atoms with Gasteiger partial charge in [0, 0.05) is 38.0 Å². The van der Waals surface area contributed by atoms with Crippen LogP contribution in [-0.4, -0.2) is 63.7 Å². The van der Waals surface area contributed by atoms with Gasteiger partial charge in [-0.1, -0.05) is 25.3 Å². The van der Waals surface area contributed by atoms with Gasteiger partial charge in [0.05, 0.1) is 20.8 Å². The number of halogens is 1. The largest absolute Gasteiger partial charge is 0.493 e. The lowest BCUT2D eigenvalue weighted by Crippen LogP contribution is -2.52. The van der Waals surface area contributed by atoms with E-state index >= 15 is 0 Å². The van der Waals surface area contributed by atoms with Crippen molar-refractivity contribution in [3.05, 3.63) is 23.8 Å². The third kappa shape index (κ3) is 6.42. The van der Waals surface area contributed by atoms with Crippen molar-refractivity contribution in [1.82, 2.24) is 15.5 Å². The molecule has 0 bridgehead atoms. The summed E-state index contributed by atoms with van der Waals surface area (Å²) in [4.78, 5) is 18.7. The van der Waals surface area contributed by atoms with Gasteiger partial charge in [-0.05, 0) is 43.9 Å². The van der Waals surface area contributed by atoms with E-state index in [4.69, 9.17) is 14.5 Å². The fourth-order valence-corrected chi connectivity index (χ4v) is 4.81. The molecule has 1 aromatic carbocycles. The number of guanidine groups is 1. The molecule has 2 fully saturated rings. The van der Waals surface area contributed by atoms with Gasteiger partial charge in [0.2, 0.25) is 5.91 Å². The SMILES string of the molecule is CCNC(=NCC1(c2ccc(OC)c(OC)c2)CCCCC1)NC1CCC(=O)N(C)C1.I. The molecule has 1 aliphatic heterocycles. The van der Waals surface area contributed by atoms with Crippen LogP contribution in [-0.2, 0) is 10.2 Å². The van der Waals surface area contributed by atoms with E-state index in [2.05, 4.69) is 29.7 Å². The summed E-state index contributed by atoms with van der Waals surface area (Å²) in [6.45, 7) is 4.32. The second kappa shape index (κ2) is 12.5. The Balaban J connectivity index is 0.00000363. The van der Waals surface area contributed by atoms with Gasteiger partial charge in [-0.15, -0.1) is 24.0 Å². The minimum atomic E-state index is -0.000521. The fraction of sp³-hybridized carbons (Fsp3) is 0.667. The van der Waals surface area contributed by atoms with Crippen molar-refractivity contribution in [2.45, 2.75) is 63.3 Å². The maximum Gasteiger partial charge on any atom is 0.222 e. The van der Waals surface area contributed by atoms with Gasteiger partial charge in [-0.3, -0.25) is 9.79 Å². The number of benzene rings is 1. The van der Waals surface area contributed by atoms with E-state index < -0.39 is 0 Å². The number of nitrogens with one attached hydrogen (secondary N) is 2. The first-order chi connectivity index (χ1) is 15.0. The van der Waals surface area contributed by atoms with E-state index in [0.29, 0.717) is 13.0 Å². The third-order valence-corrected chi connectivity index (χ3v) is 6.66. The fourth-order valence-electron chi connectivity index (χ4n) is 4.81. The molecule has 1 heterocycles. The highest BCUT2D eigenvalue weighted by Gasteiger charge is 2.35. The normalized spacial score (nSPS) is 20.9. The maximum absolute atomic E-state index is 11.8. The number of hydrogen-bond donors (Lipinski definition) is 2. The molecule has 1 saturated heterocycles. The van der Waals surface area contributed by atoms with E-state index in [0.717, 1.165) is 49.8 Å². The molecule has 8 heteroatoms. The lowest BCUT2D eigenvalue weighted by atomic mass is 9.69. The predicted octanol–water partition coefficient (Wildman–Crippen LogP) is 3.70. The summed E-state index contributed by atoms with van der Waals surface area (Å²) in [5.41, 5.74) is 1.27. The number of likely N-dealkylation sites (N-methyl/N-ethyl adjacent to an activating group) is 1. The molecule has 2 aliphatic rings. The molecule has 1 aliphatic carbocycles. The van der Waals surface area contributed by atoms with Gasteiger partial charge < -0.3 is 25.0 Å². The third-order valence-electron chi connectivity index (χ3n) is 6.66. The summed E-state index contributed by atoms with van der Waals surface area (Å²) >= 11 is 0. The van der Waals surface area contributed by atoms with E-state index in [9.17, 15) is 4.79 Å². The summed E-state index contributed by atoms with van der Waals surface area (Å²) in [5.74, 6) is 2.58. The Bertz CT molecular complexity index is 781. The molecule has 0 spiro atoms. The van der Waals surface area contributed by atoms with Crippen molar-refractivity contribution in [3.63, 3.8) is 0 Å². The average Bonchev–Trinajstić information content (AvgIpc) is 2.80.